The summed E-state index contributed by atoms with van der Waals surface area (Å²) in [6.45, 7) is 0.595. The van der Waals surface area contributed by atoms with E-state index >= 15 is 0 Å². The van der Waals surface area contributed by atoms with Crippen LogP contribution in [0.4, 0.5) is 0 Å². The van der Waals surface area contributed by atoms with Crippen LogP contribution in [0.1, 0.15) is 12.8 Å². The quantitative estimate of drug-likeness (QED) is 0.611. The van der Waals surface area contributed by atoms with E-state index in [1.807, 2.05) is 0 Å². The summed E-state index contributed by atoms with van der Waals surface area (Å²) in [6.07, 6.45) is 2.77. The maximum absolute atomic E-state index is 11.5. The summed E-state index contributed by atoms with van der Waals surface area (Å²) < 4.78 is 14.8. The molecule has 1 aliphatic heterocycles. The van der Waals surface area contributed by atoms with Crippen LogP contribution in [0.25, 0.3) is 0 Å². The van der Waals surface area contributed by atoms with Crippen molar-refractivity contribution in [3.8, 4) is 0 Å². The Morgan fingerprint density at radius 1 is 1.54 bits per heavy atom. The molecule has 0 aromatic carbocycles. The van der Waals surface area contributed by atoms with Crippen LogP contribution in [0.15, 0.2) is 11.8 Å². The van der Waals surface area contributed by atoms with Gasteiger partial charge in [0, 0.05) is 14.2 Å². The first-order valence-corrected chi connectivity index (χ1v) is 4.22. The fourth-order valence-electron chi connectivity index (χ4n) is 1.16. The van der Waals surface area contributed by atoms with Crippen LogP contribution in [0.3, 0.4) is 0 Å². The van der Waals surface area contributed by atoms with Crippen LogP contribution >= 0.6 is 0 Å². The third-order valence-corrected chi connectivity index (χ3v) is 1.82. The molecular weight excluding hydrogens is 172 g/mol. The van der Waals surface area contributed by atoms with Gasteiger partial charge < -0.3 is 14.2 Å². The van der Waals surface area contributed by atoms with Gasteiger partial charge >= 0.3 is 0 Å². The average Bonchev–Trinajstić information content (AvgIpc) is 2.21. The SMILES string of the molecule is COC(OC)C(=O)C1=CCCCO1. The van der Waals surface area contributed by atoms with Crippen molar-refractivity contribution in [3.05, 3.63) is 11.8 Å². The molecule has 0 saturated heterocycles. The Balaban J connectivity index is 2.59. The van der Waals surface area contributed by atoms with Gasteiger partial charge in [0.25, 0.3) is 5.78 Å². The second-order valence-corrected chi connectivity index (χ2v) is 2.73. The Kier molecular flexibility index (Phi) is 3.92. The standard InChI is InChI=1S/C9H14O4/c1-11-9(12-2)8(10)7-5-3-4-6-13-7/h5,9H,3-4,6H2,1-2H3. The van der Waals surface area contributed by atoms with E-state index in [2.05, 4.69) is 0 Å². The highest BCUT2D eigenvalue weighted by Gasteiger charge is 2.23. The number of ketones is 1. The maximum atomic E-state index is 11.5. The monoisotopic (exact) mass is 186 g/mol. The summed E-state index contributed by atoms with van der Waals surface area (Å²) in [7, 11) is 2.85. The molecule has 0 N–H and O–H groups in total. The second-order valence-electron chi connectivity index (χ2n) is 2.73. The van der Waals surface area contributed by atoms with Gasteiger partial charge in [-0.15, -0.1) is 0 Å². The third-order valence-electron chi connectivity index (χ3n) is 1.82. The van der Waals surface area contributed by atoms with Gasteiger partial charge in [0.2, 0.25) is 6.29 Å². The third kappa shape index (κ3) is 2.54. The predicted octanol–water partition coefficient (Wildman–Crippen LogP) is 0.869. The molecule has 0 aromatic heterocycles. The zero-order valence-electron chi connectivity index (χ0n) is 7.91. The summed E-state index contributed by atoms with van der Waals surface area (Å²) in [4.78, 5) is 11.5. The normalized spacial score (nSPS) is 16.7. The van der Waals surface area contributed by atoms with Gasteiger partial charge in [-0.1, -0.05) is 0 Å². The molecule has 0 atom stereocenters. The van der Waals surface area contributed by atoms with Crippen molar-refractivity contribution in [2.24, 2.45) is 0 Å². The number of rotatable bonds is 4. The summed E-state index contributed by atoms with van der Waals surface area (Å²) in [5.41, 5.74) is 0. The summed E-state index contributed by atoms with van der Waals surface area (Å²) in [5.74, 6) is 0.115. The summed E-state index contributed by atoms with van der Waals surface area (Å²) >= 11 is 0. The van der Waals surface area contributed by atoms with E-state index < -0.39 is 6.29 Å². The average molecular weight is 186 g/mol. The van der Waals surface area contributed by atoms with Crippen LogP contribution < -0.4 is 0 Å². The molecule has 0 bridgehead atoms. The van der Waals surface area contributed by atoms with Crippen molar-refractivity contribution in [2.45, 2.75) is 19.1 Å². The lowest BCUT2D eigenvalue weighted by atomic mass is 10.2. The molecule has 0 aromatic rings. The number of allylic oxidation sites excluding steroid dienone is 1. The first-order valence-electron chi connectivity index (χ1n) is 4.22. The van der Waals surface area contributed by atoms with Gasteiger partial charge in [0.05, 0.1) is 6.61 Å². The Hall–Kier alpha value is -0.870. The molecule has 1 rings (SSSR count). The first kappa shape index (κ1) is 10.2. The van der Waals surface area contributed by atoms with Crippen LogP contribution in [0, 0.1) is 0 Å². The predicted molar refractivity (Wildman–Crippen MR) is 46.1 cm³/mol. The van der Waals surface area contributed by atoms with E-state index in [9.17, 15) is 4.79 Å². The second kappa shape index (κ2) is 4.99. The van der Waals surface area contributed by atoms with Crippen LogP contribution in [0.2, 0.25) is 0 Å². The van der Waals surface area contributed by atoms with E-state index in [1.54, 1.807) is 6.08 Å². The largest absolute Gasteiger partial charge is 0.490 e. The van der Waals surface area contributed by atoms with Crippen LogP contribution in [-0.4, -0.2) is 32.9 Å². The molecule has 0 amide bonds. The molecule has 0 saturated carbocycles. The number of methoxy groups -OCH3 is 2. The number of carbonyl (C=O) groups excluding carboxylic acids is 1. The minimum absolute atomic E-state index is 0.246. The zero-order valence-corrected chi connectivity index (χ0v) is 7.91. The van der Waals surface area contributed by atoms with Gasteiger partial charge in [-0.05, 0) is 18.9 Å². The number of hydrogen-bond donors (Lipinski definition) is 0. The van der Waals surface area contributed by atoms with Crippen molar-refractivity contribution in [3.63, 3.8) is 0 Å². The Morgan fingerprint density at radius 2 is 2.23 bits per heavy atom. The van der Waals surface area contributed by atoms with E-state index in [-0.39, 0.29) is 5.78 Å². The molecule has 0 unspecified atom stereocenters. The number of Topliss-reactive ketones (excluding diaryl/α,β-unsaturated/α-hetero) is 1. The Morgan fingerprint density at radius 3 is 2.69 bits per heavy atom. The summed E-state index contributed by atoms with van der Waals surface area (Å²) in [6, 6.07) is 0. The molecular formula is C9H14O4. The molecule has 1 heterocycles. The van der Waals surface area contributed by atoms with Crippen molar-refractivity contribution in [1.82, 2.24) is 0 Å². The molecule has 0 fully saturated rings. The molecule has 74 valence electrons. The highest BCUT2D eigenvalue weighted by Crippen LogP contribution is 2.13. The highest BCUT2D eigenvalue weighted by molar-refractivity contribution is 5.96. The lowest BCUT2D eigenvalue weighted by Crippen LogP contribution is -2.28. The van der Waals surface area contributed by atoms with Crippen molar-refractivity contribution in [2.75, 3.05) is 20.8 Å². The molecule has 4 heteroatoms. The van der Waals surface area contributed by atoms with E-state index in [1.165, 1.54) is 14.2 Å². The molecule has 1 aliphatic rings. The van der Waals surface area contributed by atoms with E-state index in [0.29, 0.717) is 12.4 Å². The van der Waals surface area contributed by atoms with Gasteiger partial charge in [0.1, 0.15) is 0 Å². The smallest absolute Gasteiger partial charge is 0.252 e. The van der Waals surface area contributed by atoms with Crippen molar-refractivity contribution < 1.29 is 19.0 Å². The number of ether oxygens (including phenoxy) is 3. The topological polar surface area (TPSA) is 44.8 Å². The first-order chi connectivity index (χ1) is 6.29. The van der Waals surface area contributed by atoms with Gasteiger partial charge in [-0.25, -0.2) is 0 Å². The van der Waals surface area contributed by atoms with Crippen molar-refractivity contribution in [1.29, 1.82) is 0 Å². The van der Waals surface area contributed by atoms with E-state index in [4.69, 9.17) is 14.2 Å². The molecule has 0 aliphatic carbocycles. The fourth-order valence-corrected chi connectivity index (χ4v) is 1.16. The van der Waals surface area contributed by atoms with E-state index in [0.717, 1.165) is 12.8 Å². The Labute approximate surface area is 77.5 Å². The van der Waals surface area contributed by atoms with Gasteiger partial charge in [-0.2, -0.15) is 0 Å². The highest BCUT2D eigenvalue weighted by atomic mass is 16.7. The fraction of sp³-hybridized carbons (Fsp3) is 0.667. The molecule has 4 nitrogen and oxygen atoms in total. The lowest BCUT2D eigenvalue weighted by Gasteiger charge is -2.17. The minimum atomic E-state index is -0.843. The summed E-state index contributed by atoms with van der Waals surface area (Å²) in [5, 5.41) is 0. The van der Waals surface area contributed by atoms with Crippen LogP contribution in [-0.2, 0) is 19.0 Å². The molecule has 0 radical (unpaired) electrons. The minimum Gasteiger partial charge on any atom is -0.490 e. The maximum Gasteiger partial charge on any atom is 0.252 e. The number of carbonyl (C=O) groups is 1. The van der Waals surface area contributed by atoms with Crippen molar-refractivity contribution >= 4 is 5.78 Å². The molecule has 13 heavy (non-hydrogen) atoms. The van der Waals surface area contributed by atoms with Gasteiger partial charge in [0.15, 0.2) is 5.76 Å². The van der Waals surface area contributed by atoms with Gasteiger partial charge in [-0.3, -0.25) is 4.79 Å². The lowest BCUT2D eigenvalue weighted by molar-refractivity contribution is -0.156. The molecule has 0 spiro atoms. The zero-order chi connectivity index (χ0) is 9.68. The number of hydrogen-bond acceptors (Lipinski definition) is 4. The Bertz CT molecular complexity index is 206. The van der Waals surface area contributed by atoms with Crippen LogP contribution in [0.5, 0.6) is 0 Å².